The lowest BCUT2D eigenvalue weighted by Gasteiger charge is -2.21. The maximum atomic E-state index is 14.0. The van der Waals surface area contributed by atoms with Crippen molar-refractivity contribution < 1.29 is 27.1 Å². The summed E-state index contributed by atoms with van der Waals surface area (Å²) in [7, 11) is -4.54. The molecule has 0 aliphatic carbocycles. The molecule has 0 spiro atoms. The smallest absolute Gasteiger partial charge is 0.245 e. The van der Waals surface area contributed by atoms with E-state index < -0.39 is 45.0 Å². The van der Waals surface area contributed by atoms with Gasteiger partial charge in [0, 0.05) is 28.0 Å². The van der Waals surface area contributed by atoms with Crippen LogP contribution in [0.15, 0.2) is 45.8 Å². The Kier molecular flexibility index (Phi) is 6.15. The van der Waals surface area contributed by atoms with E-state index in [1.807, 2.05) is 0 Å². The average molecular weight is 454 g/mol. The summed E-state index contributed by atoms with van der Waals surface area (Å²) in [6.45, 7) is 0. The summed E-state index contributed by atoms with van der Waals surface area (Å²) in [6, 6.07) is 5.86. The van der Waals surface area contributed by atoms with Crippen molar-refractivity contribution in [3.63, 3.8) is 0 Å². The first-order chi connectivity index (χ1) is 11.6. The molecular formula is C15H10BrClF2NO4S-. The Morgan fingerprint density at radius 3 is 2.48 bits per heavy atom. The van der Waals surface area contributed by atoms with Gasteiger partial charge >= 0.3 is 0 Å². The van der Waals surface area contributed by atoms with Crippen molar-refractivity contribution in [1.82, 2.24) is 4.72 Å². The molecule has 0 aliphatic rings. The molecule has 0 unspecified atom stereocenters. The first-order valence-corrected chi connectivity index (χ1v) is 9.38. The van der Waals surface area contributed by atoms with Gasteiger partial charge < -0.3 is 9.90 Å². The van der Waals surface area contributed by atoms with Crippen molar-refractivity contribution in [1.29, 1.82) is 0 Å². The summed E-state index contributed by atoms with van der Waals surface area (Å²) in [5.74, 6) is -3.84. The molecule has 1 atom stereocenters. The van der Waals surface area contributed by atoms with E-state index in [2.05, 4.69) is 20.7 Å². The van der Waals surface area contributed by atoms with Gasteiger partial charge in [0.2, 0.25) is 10.0 Å². The molecule has 10 heteroatoms. The number of rotatable bonds is 6. The highest BCUT2D eigenvalue weighted by Gasteiger charge is 2.28. The number of carbonyl (C=O) groups is 1. The van der Waals surface area contributed by atoms with Crippen LogP contribution in [-0.4, -0.2) is 14.4 Å². The highest BCUT2D eigenvalue weighted by Crippen LogP contribution is 2.30. The Labute approximate surface area is 155 Å². The van der Waals surface area contributed by atoms with E-state index in [-0.39, 0.29) is 15.1 Å². The molecule has 2 aromatic rings. The predicted molar refractivity (Wildman–Crippen MR) is 88.2 cm³/mol. The van der Waals surface area contributed by atoms with E-state index in [0.717, 1.165) is 6.07 Å². The zero-order valence-corrected chi connectivity index (χ0v) is 15.5. The van der Waals surface area contributed by atoms with Gasteiger partial charge in [-0.25, -0.2) is 21.9 Å². The van der Waals surface area contributed by atoms with Crippen LogP contribution in [0.3, 0.4) is 0 Å². The number of hydrogen-bond donors (Lipinski definition) is 1. The highest BCUT2D eigenvalue weighted by atomic mass is 79.9. The lowest BCUT2D eigenvalue weighted by atomic mass is 10.1. The Morgan fingerprint density at radius 2 is 1.92 bits per heavy atom. The number of benzene rings is 2. The minimum Gasteiger partial charge on any atom is -0.550 e. The Hall–Kier alpha value is -1.55. The van der Waals surface area contributed by atoms with Gasteiger partial charge in [0.1, 0.15) is 16.5 Å². The van der Waals surface area contributed by atoms with Crippen molar-refractivity contribution in [2.45, 2.75) is 17.4 Å². The highest BCUT2D eigenvalue weighted by molar-refractivity contribution is 9.10. The van der Waals surface area contributed by atoms with E-state index in [4.69, 9.17) is 11.6 Å². The molecule has 0 amide bonds. The van der Waals surface area contributed by atoms with Gasteiger partial charge in [-0.2, -0.15) is 0 Å². The third kappa shape index (κ3) is 4.75. The minimum atomic E-state index is -4.54. The van der Waals surface area contributed by atoms with Crippen LogP contribution in [0.2, 0.25) is 5.02 Å². The average Bonchev–Trinajstić information content (AvgIpc) is 2.44. The van der Waals surface area contributed by atoms with Crippen LogP contribution in [0.4, 0.5) is 8.78 Å². The first kappa shape index (κ1) is 19.8. The molecule has 134 valence electrons. The fourth-order valence-corrected chi connectivity index (χ4v) is 4.82. The molecule has 0 saturated carbocycles. The molecule has 25 heavy (non-hydrogen) atoms. The maximum absolute atomic E-state index is 14.0. The molecule has 0 fully saturated rings. The van der Waals surface area contributed by atoms with Crippen LogP contribution in [0.5, 0.6) is 0 Å². The zero-order chi connectivity index (χ0) is 18.8. The molecular weight excluding hydrogens is 444 g/mol. The number of nitrogens with one attached hydrogen (secondary N) is 1. The van der Waals surface area contributed by atoms with Gasteiger partial charge in [-0.3, -0.25) is 0 Å². The van der Waals surface area contributed by atoms with Crippen LogP contribution in [-0.2, 0) is 14.8 Å². The normalized spacial score (nSPS) is 12.8. The molecule has 0 radical (unpaired) electrons. The maximum Gasteiger partial charge on any atom is 0.245 e. The molecule has 2 aromatic carbocycles. The van der Waals surface area contributed by atoms with Crippen molar-refractivity contribution in [2.75, 3.05) is 0 Å². The fourth-order valence-electron chi connectivity index (χ4n) is 2.17. The van der Waals surface area contributed by atoms with Gasteiger partial charge in [-0.15, -0.1) is 0 Å². The van der Waals surface area contributed by atoms with Crippen molar-refractivity contribution in [3.8, 4) is 0 Å². The van der Waals surface area contributed by atoms with Crippen LogP contribution >= 0.6 is 27.5 Å². The molecule has 2 rings (SSSR count). The molecule has 1 N–H and O–H groups in total. The summed E-state index contributed by atoms with van der Waals surface area (Å²) >= 11 is 8.77. The molecule has 0 aromatic heterocycles. The van der Waals surface area contributed by atoms with Gasteiger partial charge in [0.05, 0.1) is 6.04 Å². The SMILES string of the molecule is O=C([O-])C[C@@H](NS(=O)(=O)c1c(F)cc(F)cc1Br)c1ccccc1Cl. The van der Waals surface area contributed by atoms with Crippen LogP contribution in [0.1, 0.15) is 18.0 Å². The Bertz CT molecular complexity index is 900. The standard InChI is InChI=1S/C15H11BrClF2NO4S/c16-10-5-8(18)6-12(19)15(10)25(23,24)20-13(7-14(21)22)9-3-1-2-4-11(9)17/h1-6,13,20H,7H2,(H,21,22)/p-1/t13-/m1/s1. The van der Waals surface area contributed by atoms with E-state index in [1.54, 1.807) is 6.07 Å². The van der Waals surface area contributed by atoms with Gasteiger partial charge in [0.15, 0.2) is 0 Å². The van der Waals surface area contributed by atoms with Gasteiger partial charge in [0.25, 0.3) is 0 Å². The topological polar surface area (TPSA) is 86.3 Å². The number of hydrogen-bond acceptors (Lipinski definition) is 4. The molecule has 5 nitrogen and oxygen atoms in total. The fraction of sp³-hybridized carbons (Fsp3) is 0.133. The monoisotopic (exact) mass is 452 g/mol. The first-order valence-electron chi connectivity index (χ1n) is 6.73. The number of carbonyl (C=O) groups excluding carboxylic acids is 1. The van der Waals surface area contributed by atoms with Crippen molar-refractivity contribution in [3.05, 3.63) is 63.1 Å². The second-order valence-electron chi connectivity index (χ2n) is 4.97. The Morgan fingerprint density at radius 1 is 1.28 bits per heavy atom. The summed E-state index contributed by atoms with van der Waals surface area (Å²) in [5.41, 5.74) is 0.176. The van der Waals surface area contributed by atoms with Crippen LogP contribution in [0.25, 0.3) is 0 Å². The third-order valence-corrected chi connectivity index (χ3v) is 5.96. The summed E-state index contributed by atoms with van der Waals surface area (Å²) in [4.78, 5) is 10.1. The van der Waals surface area contributed by atoms with Crippen LogP contribution in [0, 0.1) is 11.6 Å². The molecule has 0 heterocycles. The third-order valence-electron chi connectivity index (χ3n) is 3.18. The lowest BCUT2D eigenvalue weighted by Crippen LogP contribution is -2.35. The zero-order valence-electron chi connectivity index (χ0n) is 12.3. The molecule has 0 aliphatic heterocycles. The van der Waals surface area contributed by atoms with Gasteiger partial charge in [-0.1, -0.05) is 29.8 Å². The van der Waals surface area contributed by atoms with E-state index in [0.29, 0.717) is 6.07 Å². The van der Waals surface area contributed by atoms with Crippen LogP contribution < -0.4 is 9.83 Å². The summed E-state index contributed by atoms with van der Waals surface area (Å²) < 4.78 is 53.9. The second kappa shape index (κ2) is 7.77. The lowest BCUT2D eigenvalue weighted by molar-refractivity contribution is -0.306. The predicted octanol–water partition coefficient (Wildman–Crippen LogP) is 2.54. The summed E-state index contributed by atoms with van der Waals surface area (Å²) in [5, 5.41) is 11.1. The van der Waals surface area contributed by atoms with Crippen molar-refractivity contribution in [2.24, 2.45) is 0 Å². The van der Waals surface area contributed by atoms with E-state index >= 15 is 0 Å². The van der Waals surface area contributed by atoms with Crippen molar-refractivity contribution >= 4 is 43.5 Å². The number of halogens is 4. The minimum absolute atomic E-state index is 0.120. The largest absolute Gasteiger partial charge is 0.550 e. The second-order valence-corrected chi connectivity index (χ2v) is 7.88. The number of carboxylic acids is 1. The van der Waals surface area contributed by atoms with E-state index in [9.17, 15) is 27.1 Å². The number of sulfonamides is 1. The van der Waals surface area contributed by atoms with Gasteiger partial charge in [-0.05, 0) is 33.6 Å². The van der Waals surface area contributed by atoms with E-state index in [1.165, 1.54) is 18.2 Å². The quantitative estimate of drug-likeness (QED) is 0.728. The Balaban J connectivity index is 2.48. The number of aliphatic carboxylic acids is 1. The molecule has 0 bridgehead atoms. The summed E-state index contributed by atoms with van der Waals surface area (Å²) in [6.07, 6.45) is -0.733. The molecule has 0 saturated heterocycles. The number of carboxylic acid groups (broad SMARTS) is 1.